The minimum Gasteiger partial charge on any atom is -0.326 e. The molecule has 0 spiro atoms. The number of halogens is 2. The van der Waals surface area contributed by atoms with Crippen molar-refractivity contribution < 1.29 is 4.79 Å². The number of aryl methyl sites for hydroxylation is 2. The van der Waals surface area contributed by atoms with Crippen LogP contribution in [0.3, 0.4) is 0 Å². The van der Waals surface area contributed by atoms with Gasteiger partial charge in [0, 0.05) is 5.69 Å². The Labute approximate surface area is 105 Å². The van der Waals surface area contributed by atoms with Gasteiger partial charge in [0.15, 0.2) is 0 Å². The monoisotopic (exact) mass is 257 g/mol. The first-order valence-corrected chi connectivity index (χ1v) is 5.92. The van der Waals surface area contributed by atoms with Gasteiger partial charge in [-0.2, -0.15) is 0 Å². The summed E-state index contributed by atoms with van der Waals surface area (Å²) in [5.41, 5.74) is 3.15. The standard InChI is InChI=1S/C12H13Cl2NO/c1-7-3-4-9(5-8(7)2)15-11(16)10-6-12(10,13)14/h3-5,10H,6H2,1-2H3,(H,15,16)/t10-/m0/s1. The van der Waals surface area contributed by atoms with Crippen molar-refractivity contribution in [2.75, 3.05) is 5.32 Å². The van der Waals surface area contributed by atoms with Crippen molar-refractivity contribution in [1.82, 2.24) is 0 Å². The lowest BCUT2D eigenvalue weighted by atomic mass is 10.1. The van der Waals surface area contributed by atoms with Crippen LogP contribution >= 0.6 is 23.2 Å². The molecule has 0 heterocycles. The first-order chi connectivity index (χ1) is 7.40. The maximum Gasteiger partial charge on any atom is 0.230 e. The molecule has 0 unspecified atom stereocenters. The fourth-order valence-electron chi connectivity index (χ4n) is 1.55. The van der Waals surface area contributed by atoms with Gasteiger partial charge >= 0.3 is 0 Å². The maximum atomic E-state index is 11.7. The lowest BCUT2D eigenvalue weighted by Gasteiger charge is -2.07. The van der Waals surface area contributed by atoms with Gasteiger partial charge in [0.1, 0.15) is 4.33 Å². The molecule has 0 saturated heterocycles. The van der Waals surface area contributed by atoms with Gasteiger partial charge in [0.05, 0.1) is 5.92 Å². The van der Waals surface area contributed by atoms with Crippen molar-refractivity contribution in [1.29, 1.82) is 0 Å². The Morgan fingerprint density at radius 3 is 2.50 bits per heavy atom. The Morgan fingerprint density at radius 2 is 2.00 bits per heavy atom. The number of hydrogen-bond donors (Lipinski definition) is 1. The van der Waals surface area contributed by atoms with Gasteiger partial charge in [-0.25, -0.2) is 0 Å². The lowest BCUT2D eigenvalue weighted by Crippen LogP contribution is -2.16. The zero-order chi connectivity index (χ0) is 11.9. The molecule has 86 valence electrons. The second-order valence-electron chi connectivity index (χ2n) is 4.31. The molecule has 4 heteroatoms. The number of nitrogens with one attached hydrogen (secondary N) is 1. The second kappa shape index (κ2) is 3.94. The first-order valence-electron chi connectivity index (χ1n) is 5.16. The van der Waals surface area contributed by atoms with Crippen LogP contribution in [-0.4, -0.2) is 10.2 Å². The molecule has 0 aliphatic heterocycles. The molecule has 0 radical (unpaired) electrons. The number of amides is 1. The molecule has 1 N–H and O–H groups in total. The summed E-state index contributed by atoms with van der Waals surface area (Å²) in [6.07, 6.45) is 0.535. The van der Waals surface area contributed by atoms with Crippen molar-refractivity contribution in [3.05, 3.63) is 29.3 Å². The van der Waals surface area contributed by atoms with Gasteiger partial charge in [-0.05, 0) is 43.5 Å². The number of hydrogen-bond acceptors (Lipinski definition) is 1. The smallest absolute Gasteiger partial charge is 0.230 e. The van der Waals surface area contributed by atoms with Crippen molar-refractivity contribution in [3.63, 3.8) is 0 Å². The summed E-state index contributed by atoms with van der Waals surface area (Å²) in [7, 11) is 0. The molecule has 1 fully saturated rings. The highest BCUT2D eigenvalue weighted by Gasteiger charge is 2.56. The molecule has 0 bridgehead atoms. The van der Waals surface area contributed by atoms with E-state index in [2.05, 4.69) is 5.32 Å². The molecule has 1 aliphatic rings. The zero-order valence-corrected chi connectivity index (χ0v) is 10.7. The summed E-state index contributed by atoms with van der Waals surface area (Å²) in [5, 5.41) is 2.82. The van der Waals surface area contributed by atoms with E-state index >= 15 is 0 Å². The number of carbonyl (C=O) groups is 1. The Bertz CT molecular complexity index is 443. The van der Waals surface area contributed by atoms with Crippen LogP contribution in [-0.2, 0) is 4.79 Å². The molecule has 1 aromatic carbocycles. The van der Waals surface area contributed by atoms with Crippen LogP contribution < -0.4 is 5.32 Å². The Kier molecular flexibility index (Phi) is 2.89. The van der Waals surface area contributed by atoms with E-state index in [9.17, 15) is 4.79 Å². The number of rotatable bonds is 2. The van der Waals surface area contributed by atoms with Gasteiger partial charge in [-0.1, -0.05) is 6.07 Å². The Balaban J connectivity index is 2.05. The SMILES string of the molecule is Cc1ccc(NC(=O)[C@@H]2CC2(Cl)Cl)cc1C. The van der Waals surface area contributed by atoms with E-state index < -0.39 is 4.33 Å². The molecule has 2 nitrogen and oxygen atoms in total. The second-order valence-corrected chi connectivity index (χ2v) is 5.85. The van der Waals surface area contributed by atoms with Gasteiger partial charge in [-0.3, -0.25) is 4.79 Å². The first kappa shape index (κ1) is 11.7. The minimum atomic E-state index is -0.857. The molecule has 16 heavy (non-hydrogen) atoms. The molecule has 1 aromatic rings. The van der Waals surface area contributed by atoms with Crippen LogP contribution in [0.1, 0.15) is 17.5 Å². The van der Waals surface area contributed by atoms with Crippen LogP contribution in [0.15, 0.2) is 18.2 Å². The van der Waals surface area contributed by atoms with Crippen molar-refractivity contribution in [2.24, 2.45) is 5.92 Å². The highest BCUT2D eigenvalue weighted by atomic mass is 35.5. The number of benzene rings is 1. The lowest BCUT2D eigenvalue weighted by molar-refractivity contribution is -0.117. The highest BCUT2D eigenvalue weighted by Crippen LogP contribution is 2.53. The van der Waals surface area contributed by atoms with Gasteiger partial charge in [0.25, 0.3) is 0 Å². The third kappa shape index (κ3) is 2.33. The average Bonchev–Trinajstić information content (AvgIpc) is 2.82. The summed E-state index contributed by atoms with van der Waals surface area (Å²) in [6, 6.07) is 5.80. The Hall–Kier alpha value is -0.730. The summed E-state index contributed by atoms with van der Waals surface area (Å²) in [4.78, 5) is 11.7. The largest absolute Gasteiger partial charge is 0.326 e. The summed E-state index contributed by atoms with van der Waals surface area (Å²) >= 11 is 11.7. The van der Waals surface area contributed by atoms with E-state index in [1.54, 1.807) is 0 Å². The molecule has 1 amide bonds. The minimum absolute atomic E-state index is 0.103. The fraction of sp³-hybridized carbons (Fsp3) is 0.417. The third-order valence-corrected chi connectivity index (χ3v) is 3.75. The van der Waals surface area contributed by atoms with Crippen LogP contribution in [0.5, 0.6) is 0 Å². The zero-order valence-electron chi connectivity index (χ0n) is 9.18. The van der Waals surface area contributed by atoms with Gasteiger partial charge in [-0.15, -0.1) is 23.2 Å². The normalized spacial score (nSPS) is 21.6. The summed E-state index contributed by atoms with van der Waals surface area (Å²) < 4.78 is -0.857. The van der Waals surface area contributed by atoms with E-state index in [0.29, 0.717) is 6.42 Å². The summed E-state index contributed by atoms with van der Waals surface area (Å²) in [6.45, 7) is 4.04. The van der Waals surface area contributed by atoms with Crippen LogP contribution in [0.4, 0.5) is 5.69 Å². The number of anilines is 1. The van der Waals surface area contributed by atoms with Crippen LogP contribution in [0.25, 0.3) is 0 Å². The van der Waals surface area contributed by atoms with Crippen LogP contribution in [0, 0.1) is 19.8 Å². The van der Waals surface area contributed by atoms with Crippen molar-refractivity contribution in [3.8, 4) is 0 Å². The Morgan fingerprint density at radius 1 is 1.38 bits per heavy atom. The molecule has 2 rings (SSSR count). The topological polar surface area (TPSA) is 29.1 Å². The van der Waals surface area contributed by atoms with Gasteiger partial charge < -0.3 is 5.32 Å². The molecule has 1 saturated carbocycles. The quantitative estimate of drug-likeness (QED) is 0.809. The average molecular weight is 258 g/mol. The molecule has 1 aliphatic carbocycles. The fourth-order valence-corrected chi connectivity index (χ4v) is 2.05. The predicted octanol–water partition coefficient (Wildman–Crippen LogP) is 3.44. The van der Waals surface area contributed by atoms with E-state index in [4.69, 9.17) is 23.2 Å². The van der Waals surface area contributed by atoms with Gasteiger partial charge in [0.2, 0.25) is 5.91 Å². The van der Waals surface area contributed by atoms with Crippen molar-refractivity contribution >= 4 is 34.8 Å². The number of alkyl halides is 2. The van der Waals surface area contributed by atoms with E-state index in [0.717, 1.165) is 11.3 Å². The van der Waals surface area contributed by atoms with Crippen LogP contribution in [0.2, 0.25) is 0 Å². The molecular weight excluding hydrogens is 245 g/mol. The third-order valence-electron chi connectivity index (χ3n) is 2.92. The molecule has 0 aromatic heterocycles. The van der Waals surface area contributed by atoms with E-state index in [1.807, 2.05) is 32.0 Å². The number of carbonyl (C=O) groups excluding carboxylic acids is 1. The highest BCUT2D eigenvalue weighted by molar-refractivity contribution is 6.52. The van der Waals surface area contributed by atoms with E-state index in [-0.39, 0.29) is 11.8 Å². The predicted molar refractivity (Wildman–Crippen MR) is 67.1 cm³/mol. The van der Waals surface area contributed by atoms with Crippen molar-refractivity contribution in [2.45, 2.75) is 24.6 Å². The summed E-state index contributed by atoms with van der Waals surface area (Å²) in [5.74, 6) is -0.384. The maximum absolute atomic E-state index is 11.7. The molecule has 1 atom stereocenters. The van der Waals surface area contributed by atoms with E-state index in [1.165, 1.54) is 5.56 Å². The molecular formula is C12H13Cl2NO.